The average molecular weight is 283 g/mol. The standard InChI is InChI=1S/C17H21N3O/c1-3-16(14-8-10-19-11-9-14)20(2)17(21)15-6-4-13(12-18)5-7-15/h4-11,16H,3,12,18H2,1-2H3. The SMILES string of the molecule is CCC(c1ccncc1)N(C)C(=O)c1ccc(CN)cc1. The van der Waals surface area contributed by atoms with Gasteiger partial charge in [0.15, 0.2) is 0 Å². The Bertz CT molecular complexity index is 581. The van der Waals surface area contributed by atoms with E-state index >= 15 is 0 Å². The topological polar surface area (TPSA) is 59.2 Å². The highest BCUT2D eigenvalue weighted by Crippen LogP contribution is 2.24. The van der Waals surface area contributed by atoms with Crippen LogP contribution >= 0.6 is 0 Å². The van der Waals surface area contributed by atoms with Gasteiger partial charge in [0.2, 0.25) is 0 Å². The molecular formula is C17H21N3O. The second-order valence-electron chi connectivity index (χ2n) is 5.02. The molecule has 4 heteroatoms. The molecular weight excluding hydrogens is 262 g/mol. The van der Waals surface area contributed by atoms with Gasteiger partial charge in [-0.2, -0.15) is 0 Å². The number of pyridine rings is 1. The zero-order valence-electron chi connectivity index (χ0n) is 12.5. The molecule has 1 atom stereocenters. The number of hydrogen-bond donors (Lipinski definition) is 1. The lowest BCUT2D eigenvalue weighted by molar-refractivity contribution is 0.0726. The highest BCUT2D eigenvalue weighted by Gasteiger charge is 2.21. The molecule has 1 amide bonds. The summed E-state index contributed by atoms with van der Waals surface area (Å²) in [4.78, 5) is 18.4. The summed E-state index contributed by atoms with van der Waals surface area (Å²) in [5.41, 5.74) is 8.39. The summed E-state index contributed by atoms with van der Waals surface area (Å²) in [6.07, 6.45) is 4.37. The zero-order chi connectivity index (χ0) is 15.2. The van der Waals surface area contributed by atoms with Crippen molar-refractivity contribution >= 4 is 5.91 Å². The maximum absolute atomic E-state index is 12.6. The van der Waals surface area contributed by atoms with Crippen molar-refractivity contribution in [1.82, 2.24) is 9.88 Å². The Kier molecular flexibility index (Phi) is 5.06. The maximum atomic E-state index is 12.6. The van der Waals surface area contributed by atoms with Gasteiger partial charge in [0.25, 0.3) is 5.91 Å². The van der Waals surface area contributed by atoms with E-state index in [-0.39, 0.29) is 11.9 Å². The Labute approximate surface area is 125 Å². The second-order valence-corrected chi connectivity index (χ2v) is 5.02. The van der Waals surface area contributed by atoms with Crippen molar-refractivity contribution in [3.05, 3.63) is 65.5 Å². The molecule has 0 aliphatic rings. The summed E-state index contributed by atoms with van der Waals surface area (Å²) in [5, 5.41) is 0. The number of carbonyl (C=O) groups excluding carboxylic acids is 1. The van der Waals surface area contributed by atoms with Gasteiger partial charge < -0.3 is 10.6 Å². The van der Waals surface area contributed by atoms with E-state index in [9.17, 15) is 4.79 Å². The lowest BCUT2D eigenvalue weighted by atomic mass is 10.0. The monoisotopic (exact) mass is 283 g/mol. The van der Waals surface area contributed by atoms with Crippen LogP contribution < -0.4 is 5.73 Å². The lowest BCUT2D eigenvalue weighted by Gasteiger charge is -2.27. The highest BCUT2D eigenvalue weighted by molar-refractivity contribution is 5.94. The Hall–Kier alpha value is -2.20. The highest BCUT2D eigenvalue weighted by atomic mass is 16.2. The molecule has 0 aliphatic heterocycles. The van der Waals surface area contributed by atoms with Gasteiger partial charge in [0.1, 0.15) is 0 Å². The van der Waals surface area contributed by atoms with Crippen LogP contribution in [0, 0.1) is 0 Å². The first-order valence-corrected chi connectivity index (χ1v) is 7.13. The molecule has 0 aliphatic carbocycles. The minimum atomic E-state index is 0.0160. The van der Waals surface area contributed by atoms with Crippen molar-refractivity contribution in [2.24, 2.45) is 5.73 Å². The molecule has 0 fully saturated rings. The molecule has 1 unspecified atom stereocenters. The zero-order valence-corrected chi connectivity index (χ0v) is 12.5. The Morgan fingerprint density at radius 2 is 1.81 bits per heavy atom. The molecule has 0 saturated heterocycles. The molecule has 2 aromatic rings. The molecule has 1 aromatic carbocycles. The summed E-state index contributed by atoms with van der Waals surface area (Å²) in [5.74, 6) is 0.0160. The molecule has 0 spiro atoms. The van der Waals surface area contributed by atoms with Crippen LogP contribution in [-0.2, 0) is 6.54 Å². The minimum Gasteiger partial charge on any atom is -0.335 e. The normalized spacial score (nSPS) is 12.0. The van der Waals surface area contributed by atoms with Gasteiger partial charge in [-0.15, -0.1) is 0 Å². The van der Waals surface area contributed by atoms with E-state index in [0.717, 1.165) is 17.5 Å². The van der Waals surface area contributed by atoms with Crippen molar-refractivity contribution in [2.45, 2.75) is 25.9 Å². The van der Waals surface area contributed by atoms with Crippen LogP contribution in [0.3, 0.4) is 0 Å². The second kappa shape index (κ2) is 6.99. The fourth-order valence-corrected chi connectivity index (χ4v) is 2.45. The number of aromatic nitrogens is 1. The summed E-state index contributed by atoms with van der Waals surface area (Å²) < 4.78 is 0. The number of amides is 1. The van der Waals surface area contributed by atoms with E-state index in [2.05, 4.69) is 11.9 Å². The molecule has 2 rings (SSSR count). The van der Waals surface area contributed by atoms with Crippen LogP contribution in [-0.4, -0.2) is 22.8 Å². The first kappa shape index (κ1) is 15.2. The Morgan fingerprint density at radius 1 is 1.19 bits per heavy atom. The van der Waals surface area contributed by atoms with E-state index in [1.54, 1.807) is 17.3 Å². The van der Waals surface area contributed by atoms with Crippen molar-refractivity contribution in [1.29, 1.82) is 0 Å². The first-order chi connectivity index (χ1) is 10.2. The molecule has 4 nitrogen and oxygen atoms in total. The minimum absolute atomic E-state index is 0.0160. The summed E-state index contributed by atoms with van der Waals surface area (Å²) >= 11 is 0. The van der Waals surface area contributed by atoms with Crippen LogP contribution in [0.1, 0.15) is 40.9 Å². The van der Waals surface area contributed by atoms with Crippen LogP contribution in [0.2, 0.25) is 0 Å². The number of nitrogens with zero attached hydrogens (tertiary/aromatic N) is 2. The fraction of sp³-hybridized carbons (Fsp3) is 0.294. The van der Waals surface area contributed by atoms with Gasteiger partial charge in [-0.1, -0.05) is 19.1 Å². The molecule has 1 heterocycles. The van der Waals surface area contributed by atoms with Gasteiger partial charge in [-0.3, -0.25) is 9.78 Å². The smallest absolute Gasteiger partial charge is 0.254 e. The Morgan fingerprint density at radius 3 is 2.33 bits per heavy atom. The summed E-state index contributed by atoms with van der Waals surface area (Å²) in [6.45, 7) is 2.56. The number of rotatable bonds is 5. The molecule has 1 aromatic heterocycles. The predicted molar refractivity (Wildman–Crippen MR) is 83.7 cm³/mol. The van der Waals surface area contributed by atoms with Gasteiger partial charge in [0, 0.05) is 31.5 Å². The van der Waals surface area contributed by atoms with Gasteiger partial charge in [-0.05, 0) is 41.8 Å². The quantitative estimate of drug-likeness (QED) is 0.918. The predicted octanol–water partition coefficient (Wildman–Crippen LogP) is 2.76. The number of hydrogen-bond acceptors (Lipinski definition) is 3. The first-order valence-electron chi connectivity index (χ1n) is 7.13. The van der Waals surface area contributed by atoms with Gasteiger partial charge in [0.05, 0.1) is 6.04 Å². The lowest BCUT2D eigenvalue weighted by Crippen LogP contribution is -2.31. The number of benzene rings is 1. The van der Waals surface area contributed by atoms with Gasteiger partial charge >= 0.3 is 0 Å². The van der Waals surface area contributed by atoms with Crippen molar-refractivity contribution in [2.75, 3.05) is 7.05 Å². The van der Waals surface area contributed by atoms with Crippen molar-refractivity contribution < 1.29 is 4.79 Å². The van der Waals surface area contributed by atoms with E-state index in [1.165, 1.54) is 0 Å². The van der Waals surface area contributed by atoms with Crippen molar-refractivity contribution in [3.8, 4) is 0 Å². The molecule has 21 heavy (non-hydrogen) atoms. The van der Waals surface area contributed by atoms with Crippen LogP contribution in [0.15, 0.2) is 48.8 Å². The Balaban J connectivity index is 2.20. The van der Waals surface area contributed by atoms with Crippen LogP contribution in [0.25, 0.3) is 0 Å². The van der Waals surface area contributed by atoms with E-state index in [0.29, 0.717) is 12.1 Å². The molecule has 0 radical (unpaired) electrons. The number of carbonyl (C=O) groups is 1. The van der Waals surface area contributed by atoms with Gasteiger partial charge in [-0.25, -0.2) is 0 Å². The van der Waals surface area contributed by atoms with Crippen molar-refractivity contribution in [3.63, 3.8) is 0 Å². The molecule has 0 saturated carbocycles. The molecule has 0 bridgehead atoms. The fourth-order valence-electron chi connectivity index (χ4n) is 2.45. The third-order valence-electron chi connectivity index (χ3n) is 3.70. The van der Waals surface area contributed by atoms with E-state index in [1.807, 2.05) is 43.4 Å². The third-order valence-corrected chi connectivity index (χ3v) is 3.70. The number of nitrogens with two attached hydrogens (primary N) is 1. The molecule has 2 N–H and O–H groups in total. The summed E-state index contributed by atoms with van der Waals surface area (Å²) in [7, 11) is 1.84. The van der Waals surface area contributed by atoms with Crippen LogP contribution in [0.5, 0.6) is 0 Å². The average Bonchev–Trinajstić information content (AvgIpc) is 2.56. The maximum Gasteiger partial charge on any atom is 0.254 e. The molecule has 110 valence electrons. The third kappa shape index (κ3) is 3.47. The largest absolute Gasteiger partial charge is 0.335 e. The summed E-state index contributed by atoms with van der Waals surface area (Å²) in [6, 6.07) is 11.4. The van der Waals surface area contributed by atoms with E-state index in [4.69, 9.17) is 5.73 Å². The van der Waals surface area contributed by atoms with E-state index < -0.39 is 0 Å². The van der Waals surface area contributed by atoms with Crippen LogP contribution in [0.4, 0.5) is 0 Å².